The van der Waals surface area contributed by atoms with Crippen LogP contribution in [0.15, 0.2) is 85.0 Å². The molecule has 0 fully saturated rings. The maximum absolute atomic E-state index is 6.35. The summed E-state index contributed by atoms with van der Waals surface area (Å²) in [6, 6.07) is 20.4. The minimum absolute atomic E-state index is 0. The van der Waals surface area contributed by atoms with Crippen molar-refractivity contribution in [1.29, 1.82) is 0 Å². The molecule has 1 nitrogen and oxygen atoms in total. The van der Waals surface area contributed by atoms with E-state index in [4.69, 9.17) is 4.74 Å². The van der Waals surface area contributed by atoms with Crippen molar-refractivity contribution >= 4 is 0 Å². The molecule has 0 N–H and O–H groups in total. The summed E-state index contributed by atoms with van der Waals surface area (Å²) < 4.78 is 6.35. The molecule has 0 aromatic heterocycles. The van der Waals surface area contributed by atoms with Crippen molar-refractivity contribution in [2.75, 3.05) is 0 Å². The van der Waals surface area contributed by atoms with Gasteiger partial charge in [0.05, 0.1) is 0 Å². The van der Waals surface area contributed by atoms with E-state index >= 15 is 0 Å². The van der Waals surface area contributed by atoms with Crippen molar-refractivity contribution in [3.63, 3.8) is 0 Å². The summed E-state index contributed by atoms with van der Waals surface area (Å²) in [5.41, 5.74) is 4.21. The summed E-state index contributed by atoms with van der Waals surface area (Å²) in [6.45, 7) is 12.2. The number of ether oxygens (including phenoxy) is 1. The normalized spacial score (nSPS) is 12.8. The Morgan fingerprint density at radius 3 is 1.32 bits per heavy atom. The van der Waals surface area contributed by atoms with Gasteiger partial charge in [-0.05, 0) is 36.1 Å². The second-order valence-electron chi connectivity index (χ2n) is 5.41. The third-order valence-electron chi connectivity index (χ3n) is 3.37. The van der Waals surface area contributed by atoms with Crippen molar-refractivity contribution in [2.45, 2.75) is 26.1 Å². The quantitative estimate of drug-likeness (QED) is 0.589. The van der Waals surface area contributed by atoms with E-state index < -0.39 is 0 Å². The average Bonchev–Trinajstić information content (AvgIpc) is 2.49. The zero-order valence-electron chi connectivity index (χ0n) is 13.8. The minimum atomic E-state index is -0.131. The molecule has 0 aliphatic rings. The van der Waals surface area contributed by atoms with Crippen molar-refractivity contribution in [2.24, 2.45) is 0 Å². The van der Waals surface area contributed by atoms with Crippen molar-refractivity contribution in [3.05, 3.63) is 96.1 Å². The average molecular weight is 301 g/mol. The summed E-state index contributed by atoms with van der Waals surface area (Å²) >= 11 is 0. The van der Waals surface area contributed by atoms with E-state index in [9.17, 15) is 0 Å². The standard InChI is InChI=1S/C20H22O.Na/c1-15(2)19(17-11-7-5-8-12-17)21-20(16(3)4)18-13-9-6-10-14-18;/h5-14,19-20H,1,3H2,2,4H3;/q;+1. The molecule has 22 heavy (non-hydrogen) atoms. The van der Waals surface area contributed by atoms with Gasteiger partial charge in [0.25, 0.3) is 0 Å². The summed E-state index contributed by atoms with van der Waals surface area (Å²) in [5, 5.41) is 0. The van der Waals surface area contributed by atoms with Crippen LogP contribution >= 0.6 is 0 Å². The molecule has 2 unspecified atom stereocenters. The van der Waals surface area contributed by atoms with Gasteiger partial charge in [-0.15, -0.1) is 0 Å². The van der Waals surface area contributed by atoms with Gasteiger partial charge in [0.15, 0.2) is 0 Å². The monoisotopic (exact) mass is 301 g/mol. The minimum Gasteiger partial charge on any atom is -0.357 e. The molecule has 0 spiro atoms. The summed E-state index contributed by atoms with van der Waals surface area (Å²) in [6.07, 6.45) is -0.263. The predicted octanol–water partition coefficient (Wildman–Crippen LogP) is 2.64. The van der Waals surface area contributed by atoms with Gasteiger partial charge in [0.2, 0.25) is 0 Å². The van der Waals surface area contributed by atoms with Gasteiger partial charge >= 0.3 is 29.6 Å². The fourth-order valence-corrected chi connectivity index (χ4v) is 2.35. The molecule has 0 saturated carbocycles. The molecule has 0 heterocycles. The van der Waals surface area contributed by atoms with Gasteiger partial charge < -0.3 is 4.74 Å². The van der Waals surface area contributed by atoms with Gasteiger partial charge in [-0.2, -0.15) is 0 Å². The van der Waals surface area contributed by atoms with Crippen LogP contribution in [0.25, 0.3) is 0 Å². The Labute approximate surface area is 156 Å². The third-order valence-corrected chi connectivity index (χ3v) is 3.37. The smallest absolute Gasteiger partial charge is 0.357 e. The van der Waals surface area contributed by atoms with Crippen LogP contribution in [-0.4, -0.2) is 0 Å². The maximum Gasteiger partial charge on any atom is 1.00 e. The van der Waals surface area contributed by atoms with Crippen LogP contribution in [-0.2, 0) is 4.74 Å². The Kier molecular flexibility index (Phi) is 7.84. The van der Waals surface area contributed by atoms with Crippen molar-refractivity contribution < 1.29 is 34.3 Å². The zero-order valence-corrected chi connectivity index (χ0v) is 15.8. The SMILES string of the molecule is C=C(C)C(OC(C(=C)C)c1ccccc1)c1ccccc1.[Na+]. The molecule has 0 bridgehead atoms. The second kappa shape index (κ2) is 9.12. The van der Waals surface area contributed by atoms with Gasteiger partial charge in [0, 0.05) is 0 Å². The first-order chi connectivity index (χ1) is 10.1. The molecule has 2 heteroatoms. The Morgan fingerprint density at radius 1 is 0.727 bits per heavy atom. The fourth-order valence-electron chi connectivity index (χ4n) is 2.35. The van der Waals surface area contributed by atoms with Crippen LogP contribution in [0.4, 0.5) is 0 Å². The fraction of sp³-hybridized carbons (Fsp3) is 0.200. The van der Waals surface area contributed by atoms with E-state index in [1.807, 2.05) is 50.2 Å². The summed E-state index contributed by atoms with van der Waals surface area (Å²) in [5.74, 6) is 0. The molecular weight excluding hydrogens is 279 g/mol. The van der Waals surface area contributed by atoms with E-state index in [2.05, 4.69) is 37.4 Å². The first kappa shape index (κ1) is 18.9. The Morgan fingerprint density at radius 2 is 1.05 bits per heavy atom. The van der Waals surface area contributed by atoms with Gasteiger partial charge in [-0.25, -0.2) is 0 Å². The summed E-state index contributed by atoms with van der Waals surface area (Å²) in [4.78, 5) is 0. The number of hydrogen-bond acceptors (Lipinski definition) is 1. The molecular formula is C20H22NaO+. The molecule has 2 rings (SSSR count). The van der Waals surface area contributed by atoms with Crippen LogP contribution in [0.2, 0.25) is 0 Å². The maximum atomic E-state index is 6.35. The zero-order chi connectivity index (χ0) is 15.2. The van der Waals surface area contributed by atoms with Crippen LogP contribution < -0.4 is 29.6 Å². The van der Waals surface area contributed by atoms with Crippen LogP contribution in [0.5, 0.6) is 0 Å². The van der Waals surface area contributed by atoms with Crippen LogP contribution in [0.1, 0.15) is 37.2 Å². The number of hydrogen-bond donors (Lipinski definition) is 0. The van der Waals surface area contributed by atoms with Crippen LogP contribution in [0.3, 0.4) is 0 Å². The molecule has 0 saturated heterocycles. The predicted molar refractivity (Wildman–Crippen MR) is 89.1 cm³/mol. The molecule has 2 aromatic rings. The molecule has 0 aliphatic heterocycles. The second-order valence-corrected chi connectivity index (χ2v) is 5.41. The number of rotatable bonds is 6. The topological polar surface area (TPSA) is 9.23 Å². The molecule has 0 radical (unpaired) electrons. The van der Waals surface area contributed by atoms with E-state index in [-0.39, 0.29) is 41.8 Å². The Bertz CT molecular complexity index is 549. The molecule has 0 aliphatic carbocycles. The molecule has 2 aromatic carbocycles. The largest absolute Gasteiger partial charge is 1.00 e. The van der Waals surface area contributed by atoms with E-state index in [1.54, 1.807) is 0 Å². The van der Waals surface area contributed by atoms with Crippen molar-refractivity contribution in [1.82, 2.24) is 0 Å². The number of benzene rings is 2. The van der Waals surface area contributed by atoms with E-state index in [0.29, 0.717) is 0 Å². The summed E-state index contributed by atoms with van der Waals surface area (Å²) in [7, 11) is 0. The molecule has 108 valence electrons. The first-order valence-electron chi connectivity index (χ1n) is 7.15. The Hall–Kier alpha value is -1.12. The van der Waals surface area contributed by atoms with Gasteiger partial charge in [-0.3, -0.25) is 0 Å². The van der Waals surface area contributed by atoms with E-state index in [1.165, 1.54) is 0 Å². The Balaban J connectivity index is 0.00000242. The molecule has 2 atom stereocenters. The first-order valence-corrected chi connectivity index (χ1v) is 7.15. The van der Waals surface area contributed by atoms with E-state index in [0.717, 1.165) is 22.3 Å². The van der Waals surface area contributed by atoms with Gasteiger partial charge in [-0.1, -0.05) is 73.8 Å². The third kappa shape index (κ3) is 4.96. The molecule has 0 amide bonds. The van der Waals surface area contributed by atoms with Crippen molar-refractivity contribution in [3.8, 4) is 0 Å². The van der Waals surface area contributed by atoms with Crippen LogP contribution in [0, 0.1) is 0 Å². The van der Waals surface area contributed by atoms with Gasteiger partial charge in [0.1, 0.15) is 12.2 Å².